The molecule has 2 rings (SSSR count). The predicted molar refractivity (Wildman–Crippen MR) is 134 cm³/mol. The highest BCUT2D eigenvalue weighted by Crippen LogP contribution is 2.27. The quantitative estimate of drug-likeness (QED) is 0.369. The summed E-state index contributed by atoms with van der Waals surface area (Å²) in [6, 6.07) is 11.9. The molecule has 2 amide bonds. The van der Waals surface area contributed by atoms with Gasteiger partial charge in [0.1, 0.15) is 11.8 Å². The van der Waals surface area contributed by atoms with Crippen LogP contribution in [0.1, 0.15) is 39.2 Å². The second kappa shape index (κ2) is 12.5. The van der Waals surface area contributed by atoms with Gasteiger partial charge in [0.2, 0.25) is 5.91 Å². The van der Waals surface area contributed by atoms with Gasteiger partial charge in [-0.25, -0.2) is 0 Å². The lowest BCUT2D eigenvalue weighted by molar-refractivity contribution is -0.143. The minimum absolute atomic E-state index is 0.00504. The van der Waals surface area contributed by atoms with Crippen molar-refractivity contribution in [1.29, 1.82) is 0 Å². The van der Waals surface area contributed by atoms with Crippen LogP contribution in [0, 0.1) is 3.57 Å². The Bertz CT molecular complexity index is 873. The number of benzene rings is 2. The van der Waals surface area contributed by atoms with E-state index in [0.717, 1.165) is 9.99 Å². The lowest BCUT2D eigenvalue weighted by atomic mass is 10.1. The normalized spacial score (nSPS) is 12.7. The fourth-order valence-electron chi connectivity index (χ4n) is 2.97. The Hall–Kier alpha value is -1.51. The fraction of sp³-hybridized carbons (Fsp3) is 0.391. The molecule has 0 radical (unpaired) electrons. The van der Waals surface area contributed by atoms with E-state index >= 15 is 0 Å². The summed E-state index contributed by atoms with van der Waals surface area (Å²) in [7, 11) is 0. The number of nitrogens with one attached hydrogen (secondary N) is 1. The van der Waals surface area contributed by atoms with Crippen molar-refractivity contribution in [2.24, 2.45) is 0 Å². The highest BCUT2D eigenvalue weighted by molar-refractivity contribution is 14.1. The lowest BCUT2D eigenvalue weighted by Gasteiger charge is -2.31. The molecule has 0 spiro atoms. The third-order valence-corrected chi connectivity index (χ3v) is 6.38. The standard InChI is InChI=1S/C23H27Cl2IN2O3/c1-4-15(3)27-23(30)21(5-2)28(13-18-19(24)7-6-8-20(18)25)22(29)14-31-17-11-9-16(26)10-12-17/h6-12,15,21H,4-5,13-14H2,1-3H3,(H,27,30)/t15-,21+/m1/s1. The molecule has 2 aromatic carbocycles. The van der Waals surface area contributed by atoms with E-state index in [0.29, 0.717) is 27.8 Å². The molecule has 0 unspecified atom stereocenters. The number of carbonyl (C=O) groups excluding carboxylic acids is 2. The largest absolute Gasteiger partial charge is 0.484 e. The number of hydrogen-bond donors (Lipinski definition) is 1. The van der Waals surface area contributed by atoms with Crippen LogP contribution >= 0.6 is 45.8 Å². The Morgan fingerprint density at radius 3 is 2.23 bits per heavy atom. The van der Waals surface area contributed by atoms with E-state index in [2.05, 4.69) is 27.9 Å². The van der Waals surface area contributed by atoms with Crippen LogP contribution in [0.5, 0.6) is 5.75 Å². The maximum Gasteiger partial charge on any atom is 0.261 e. The molecule has 0 saturated carbocycles. The van der Waals surface area contributed by atoms with E-state index in [4.69, 9.17) is 27.9 Å². The molecule has 2 atom stereocenters. The van der Waals surface area contributed by atoms with E-state index < -0.39 is 6.04 Å². The van der Waals surface area contributed by atoms with Gasteiger partial charge in [0.25, 0.3) is 5.91 Å². The van der Waals surface area contributed by atoms with E-state index in [1.54, 1.807) is 30.3 Å². The number of carbonyl (C=O) groups is 2. The van der Waals surface area contributed by atoms with Crippen LogP contribution in [0.3, 0.4) is 0 Å². The summed E-state index contributed by atoms with van der Waals surface area (Å²) in [5, 5.41) is 3.86. The van der Waals surface area contributed by atoms with Crippen molar-refractivity contribution in [3.8, 4) is 5.75 Å². The van der Waals surface area contributed by atoms with Gasteiger partial charge in [-0.05, 0) is 78.8 Å². The summed E-state index contributed by atoms with van der Waals surface area (Å²) in [5.74, 6) is 0.0601. The molecule has 0 fully saturated rings. The fourth-order valence-corrected chi connectivity index (χ4v) is 3.85. The van der Waals surface area contributed by atoms with E-state index in [1.807, 2.05) is 32.9 Å². The zero-order chi connectivity index (χ0) is 23.0. The molecule has 0 aliphatic heterocycles. The van der Waals surface area contributed by atoms with Gasteiger partial charge in [-0.15, -0.1) is 0 Å². The molecule has 0 aromatic heterocycles. The predicted octanol–water partition coefficient (Wildman–Crippen LogP) is 5.70. The van der Waals surface area contributed by atoms with Gasteiger partial charge in [0, 0.05) is 31.8 Å². The Kier molecular flexibility index (Phi) is 10.4. The zero-order valence-corrected chi connectivity index (χ0v) is 21.5. The maximum atomic E-state index is 13.2. The van der Waals surface area contributed by atoms with Gasteiger partial charge in [0.05, 0.1) is 0 Å². The molecule has 0 saturated heterocycles. The molecule has 0 aliphatic carbocycles. The van der Waals surface area contributed by atoms with E-state index in [9.17, 15) is 9.59 Å². The second-order valence-corrected chi connectivity index (χ2v) is 9.27. The van der Waals surface area contributed by atoms with Crippen LogP contribution < -0.4 is 10.1 Å². The summed E-state index contributed by atoms with van der Waals surface area (Å²) in [5.41, 5.74) is 0.600. The first kappa shape index (κ1) is 25.7. The van der Waals surface area contributed by atoms with E-state index in [1.165, 1.54) is 4.90 Å². The van der Waals surface area contributed by atoms with E-state index in [-0.39, 0.29) is 31.0 Å². The monoisotopic (exact) mass is 576 g/mol. The van der Waals surface area contributed by atoms with Gasteiger partial charge < -0.3 is 15.0 Å². The molecule has 0 aliphatic rings. The van der Waals surface area contributed by atoms with Gasteiger partial charge in [-0.1, -0.05) is 43.1 Å². The summed E-state index contributed by atoms with van der Waals surface area (Å²) in [6.07, 6.45) is 1.24. The SMILES string of the molecule is CC[C@@H](C)NC(=O)[C@H](CC)N(Cc1c(Cl)cccc1Cl)C(=O)COc1ccc(I)cc1. The first-order chi connectivity index (χ1) is 14.8. The second-order valence-electron chi connectivity index (χ2n) is 7.21. The molecule has 0 bridgehead atoms. The molecule has 0 heterocycles. The molecule has 168 valence electrons. The van der Waals surface area contributed by atoms with Gasteiger partial charge in [0.15, 0.2) is 6.61 Å². The number of hydrogen-bond acceptors (Lipinski definition) is 3. The molecule has 2 aromatic rings. The number of halogens is 3. The van der Waals surface area contributed by atoms with Crippen molar-refractivity contribution in [1.82, 2.24) is 10.2 Å². The Labute approximate surface area is 207 Å². The third-order valence-electron chi connectivity index (χ3n) is 4.95. The topological polar surface area (TPSA) is 58.6 Å². The first-order valence-corrected chi connectivity index (χ1v) is 12.0. The first-order valence-electron chi connectivity index (χ1n) is 10.2. The van der Waals surface area contributed by atoms with Crippen LogP contribution in [0.15, 0.2) is 42.5 Å². The average Bonchev–Trinajstić information content (AvgIpc) is 2.74. The smallest absolute Gasteiger partial charge is 0.261 e. The summed E-state index contributed by atoms with van der Waals surface area (Å²) in [6.45, 7) is 5.71. The van der Waals surface area contributed by atoms with Crippen molar-refractivity contribution in [2.45, 2.75) is 52.2 Å². The Balaban J connectivity index is 2.27. The minimum atomic E-state index is -0.672. The summed E-state index contributed by atoms with van der Waals surface area (Å²) < 4.78 is 6.75. The maximum absolute atomic E-state index is 13.2. The molecule has 8 heteroatoms. The van der Waals surface area contributed by atoms with Crippen molar-refractivity contribution in [3.05, 3.63) is 61.6 Å². The number of amides is 2. The van der Waals surface area contributed by atoms with Crippen molar-refractivity contribution >= 4 is 57.6 Å². The Morgan fingerprint density at radius 1 is 1.06 bits per heavy atom. The third kappa shape index (κ3) is 7.54. The molecule has 5 nitrogen and oxygen atoms in total. The lowest BCUT2D eigenvalue weighted by Crippen LogP contribution is -2.51. The summed E-state index contributed by atoms with van der Waals surface area (Å²) >= 11 is 14.9. The van der Waals surface area contributed by atoms with Gasteiger partial charge in [-0.2, -0.15) is 0 Å². The van der Waals surface area contributed by atoms with Crippen LogP contribution in [-0.2, 0) is 16.1 Å². The number of ether oxygens (including phenoxy) is 1. The van der Waals surface area contributed by atoms with Crippen LogP contribution in [0.2, 0.25) is 10.0 Å². The highest BCUT2D eigenvalue weighted by Gasteiger charge is 2.30. The minimum Gasteiger partial charge on any atom is -0.484 e. The Morgan fingerprint density at radius 2 is 1.68 bits per heavy atom. The molecule has 31 heavy (non-hydrogen) atoms. The van der Waals surface area contributed by atoms with Crippen LogP contribution in [0.4, 0.5) is 0 Å². The zero-order valence-electron chi connectivity index (χ0n) is 17.8. The van der Waals surface area contributed by atoms with Gasteiger partial charge >= 0.3 is 0 Å². The van der Waals surface area contributed by atoms with Crippen LogP contribution in [0.25, 0.3) is 0 Å². The van der Waals surface area contributed by atoms with Crippen LogP contribution in [-0.4, -0.2) is 35.4 Å². The van der Waals surface area contributed by atoms with Crippen molar-refractivity contribution < 1.29 is 14.3 Å². The van der Waals surface area contributed by atoms with Crippen molar-refractivity contribution in [2.75, 3.05) is 6.61 Å². The molecule has 1 N–H and O–H groups in total. The molecular weight excluding hydrogens is 550 g/mol. The average molecular weight is 577 g/mol. The van der Waals surface area contributed by atoms with Gasteiger partial charge in [-0.3, -0.25) is 9.59 Å². The highest BCUT2D eigenvalue weighted by atomic mass is 127. The number of nitrogens with zero attached hydrogens (tertiary/aromatic N) is 1. The van der Waals surface area contributed by atoms with Crippen molar-refractivity contribution in [3.63, 3.8) is 0 Å². The molecular formula is C23H27Cl2IN2O3. The number of rotatable bonds is 10. The summed E-state index contributed by atoms with van der Waals surface area (Å²) in [4.78, 5) is 27.7.